The van der Waals surface area contributed by atoms with Gasteiger partial charge in [-0.3, -0.25) is 14.9 Å². The first-order chi connectivity index (χ1) is 12.4. The number of aryl methyl sites for hydroxylation is 2. The van der Waals surface area contributed by atoms with Gasteiger partial charge in [0.05, 0.1) is 15.1 Å². The minimum absolute atomic E-state index is 0.0592. The first-order valence-electron chi connectivity index (χ1n) is 7.95. The summed E-state index contributed by atoms with van der Waals surface area (Å²) < 4.78 is 2.99. The maximum absolute atomic E-state index is 12.5. The van der Waals surface area contributed by atoms with Gasteiger partial charge in [-0.15, -0.1) is 6.58 Å². The zero-order chi connectivity index (χ0) is 18.8. The number of non-ortho nitro benzene ring substituents is 1. The summed E-state index contributed by atoms with van der Waals surface area (Å²) in [6.07, 6.45) is 1.76. The molecule has 0 aliphatic heterocycles. The van der Waals surface area contributed by atoms with Gasteiger partial charge in [0.25, 0.3) is 11.6 Å². The highest BCUT2D eigenvalue weighted by Gasteiger charge is 2.11. The number of aromatic nitrogens is 1. The number of hydrogen-bond donors (Lipinski definition) is 0. The average Bonchev–Trinajstić information content (AvgIpc) is 2.92. The SMILES string of the molecule is C=CCn1c(=NC(=O)c2ccc([N+](=O)[O-])cc2)sc2cc(C)c(C)cc21. The molecule has 0 aliphatic rings. The molecule has 0 saturated heterocycles. The molecule has 1 aromatic heterocycles. The number of rotatable bonds is 4. The third-order valence-corrected chi connectivity index (χ3v) is 5.17. The lowest BCUT2D eigenvalue weighted by atomic mass is 10.1. The number of allylic oxidation sites excluding steroid dienone is 1. The molecule has 0 aliphatic carbocycles. The van der Waals surface area contributed by atoms with Crippen LogP contribution in [0.25, 0.3) is 10.2 Å². The van der Waals surface area contributed by atoms with E-state index in [1.807, 2.05) is 18.4 Å². The molecule has 0 spiro atoms. The molecule has 0 bridgehead atoms. The van der Waals surface area contributed by atoms with Gasteiger partial charge in [0.2, 0.25) is 0 Å². The number of carbonyl (C=O) groups excluding carboxylic acids is 1. The zero-order valence-electron chi connectivity index (χ0n) is 14.4. The van der Waals surface area contributed by atoms with Crippen LogP contribution >= 0.6 is 11.3 Å². The van der Waals surface area contributed by atoms with Crippen LogP contribution in [0, 0.1) is 24.0 Å². The Balaban J connectivity index is 2.10. The Kier molecular flexibility index (Phi) is 4.81. The van der Waals surface area contributed by atoms with E-state index < -0.39 is 10.8 Å². The highest BCUT2D eigenvalue weighted by atomic mass is 32.1. The molecule has 7 heteroatoms. The Labute approximate surface area is 153 Å². The second kappa shape index (κ2) is 7.05. The van der Waals surface area contributed by atoms with Gasteiger partial charge >= 0.3 is 0 Å². The first-order valence-corrected chi connectivity index (χ1v) is 8.77. The molecule has 26 heavy (non-hydrogen) atoms. The molecule has 132 valence electrons. The fourth-order valence-electron chi connectivity index (χ4n) is 2.59. The average molecular weight is 367 g/mol. The summed E-state index contributed by atoms with van der Waals surface area (Å²) in [5.74, 6) is -0.433. The lowest BCUT2D eigenvalue weighted by molar-refractivity contribution is -0.384. The third-order valence-electron chi connectivity index (χ3n) is 4.13. The fourth-order valence-corrected chi connectivity index (χ4v) is 3.71. The summed E-state index contributed by atoms with van der Waals surface area (Å²) in [5, 5.41) is 10.7. The van der Waals surface area contributed by atoms with Gasteiger partial charge in [-0.25, -0.2) is 0 Å². The Morgan fingerprint density at radius 1 is 1.27 bits per heavy atom. The molecule has 2 aromatic carbocycles. The van der Waals surface area contributed by atoms with Crippen LogP contribution in [0.2, 0.25) is 0 Å². The van der Waals surface area contributed by atoms with Gasteiger partial charge < -0.3 is 4.57 Å². The number of carbonyl (C=O) groups is 1. The van der Waals surface area contributed by atoms with Crippen LogP contribution in [0.15, 0.2) is 54.0 Å². The van der Waals surface area contributed by atoms with Gasteiger partial charge in [-0.2, -0.15) is 4.99 Å². The van der Waals surface area contributed by atoms with Crippen molar-refractivity contribution in [1.29, 1.82) is 0 Å². The smallest absolute Gasteiger partial charge is 0.279 e. The van der Waals surface area contributed by atoms with Crippen molar-refractivity contribution in [2.24, 2.45) is 4.99 Å². The van der Waals surface area contributed by atoms with E-state index in [1.54, 1.807) is 6.08 Å². The number of nitrogens with zero attached hydrogens (tertiary/aromatic N) is 3. The lowest BCUT2D eigenvalue weighted by Gasteiger charge is -2.04. The monoisotopic (exact) mass is 367 g/mol. The number of fused-ring (bicyclic) bond motifs is 1. The van der Waals surface area contributed by atoms with Crippen molar-refractivity contribution in [1.82, 2.24) is 4.57 Å². The van der Waals surface area contributed by atoms with E-state index >= 15 is 0 Å². The summed E-state index contributed by atoms with van der Waals surface area (Å²) in [7, 11) is 0. The molecular weight excluding hydrogens is 350 g/mol. The van der Waals surface area contributed by atoms with Gasteiger partial charge in [0.1, 0.15) is 0 Å². The third kappa shape index (κ3) is 3.34. The minimum atomic E-state index is -0.500. The van der Waals surface area contributed by atoms with E-state index in [0.717, 1.165) is 10.2 Å². The van der Waals surface area contributed by atoms with E-state index in [1.165, 1.54) is 46.7 Å². The quantitative estimate of drug-likeness (QED) is 0.395. The topological polar surface area (TPSA) is 77.5 Å². The van der Waals surface area contributed by atoms with Crippen LogP contribution in [-0.4, -0.2) is 15.4 Å². The van der Waals surface area contributed by atoms with Crippen molar-refractivity contribution >= 4 is 33.1 Å². The predicted molar refractivity (Wildman–Crippen MR) is 102 cm³/mol. The van der Waals surface area contributed by atoms with Crippen molar-refractivity contribution in [3.63, 3.8) is 0 Å². The van der Waals surface area contributed by atoms with E-state index in [0.29, 0.717) is 16.9 Å². The van der Waals surface area contributed by atoms with Crippen LogP contribution in [0.1, 0.15) is 21.5 Å². The number of nitro benzene ring substituents is 1. The van der Waals surface area contributed by atoms with Gasteiger partial charge in [0.15, 0.2) is 4.80 Å². The van der Waals surface area contributed by atoms with Gasteiger partial charge in [-0.05, 0) is 49.2 Å². The molecule has 0 atom stereocenters. The summed E-state index contributed by atoms with van der Waals surface area (Å²) in [5.41, 5.74) is 3.61. The Hall–Kier alpha value is -3.06. The zero-order valence-corrected chi connectivity index (χ0v) is 15.2. The van der Waals surface area contributed by atoms with E-state index in [4.69, 9.17) is 0 Å². The largest absolute Gasteiger partial charge is 0.312 e. The van der Waals surface area contributed by atoms with Gasteiger partial charge in [-0.1, -0.05) is 17.4 Å². The molecule has 1 heterocycles. The van der Waals surface area contributed by atoms with E-state index in [9.17, 15) is 14.9 Å². The second-order valence-corrected chi connectivity index (χ2v) is 6.92. The normalized spacial score (nSPS) is 11.7. The fraction of sp³-hybridized carbons (Fsp3) is 0.158. The van der Waals surface area contributed by atoms with Gasteiger partial charge in [0, 0.05) is 24.2 Å². The number of amides is 1. The van der Waals surface area contributed by atoms with Crippen molar-refractivity contribution in [2.75, 3.05) is 0 Å². The maximum atomic E-state index is 12.5. The molecule has 1 amide bonds. The van der Waals surface area contributed by atoms with Crippen LogP contribution in [0.3, 0.4) is 0 Å². The predicted octanol–water partition coefficient (Wildman–Crippen LogP) is 4.15. The lowest BCUT2D eigenvalue weighted by Crippen LogP contribution is -2.16. The van der Waals surface area contributed by atoms with Crippen molar-refractivity contribution in [3.8, 4) is 0 Å². The van der Waals surface area contributed by atoms with Crippen LogP contribution in [-0.2, 0) is 6.54 Å². The highest BCUT2D eigenvalue weighted by Crippen LogP contribution is 2.22. The molecular formula is C19H17N3O3S. The summed E-state index contributed by atoms with van der Waals surface area (Å²) in [6.45, 7) is 8.41. The number of thiazole rings is 1. The minimum Gasteiger partial charge on any atom is -0.312 e. The molecule has 3 aromatic rings. The van der Waals surface area contributed by atoms with E-state index in [2.05, 4.69) is 23.7 Å². The molecule has 0 radical (unpaired) electrons. The summed E-state index contributed by atoms with van der Waals surface area (Å²) >= 11 is 1.44. The molecule has 0 unspecified atom stereocenters. The Bertz CT molecular complexity index is 1090. The Morgan fingerprint density at radius 3 is 2.54 bits per heavy atom. The molecule has 0 fully saturated rings. The molecule has 0 N–H and O–H groups in total. The maximum Gasteiger partial charge on any atom is 0.279 e. The van der Waals surface area contributed by atoms with Crippen molar-refractivity contribution < 1.29 is 9.72 Å². The van der Waals surface area contributed by atoms with E-state index in [-0.39, 0.29) is 5.69 Å². The summed E-state index contributed by atoms with van der Waals surface area (Å²) in [6, 6.07) is 9.62. The van der Waals surface area contributed by atoms with Crippen LogP contribution in [0.4, 0.5) is 5.69 Å². The standard InChI is InChI=1S/C19H17N3O3S/c1-4-9-21-16-10-12(2)13(3)11-17(16)26-19(21)20-18(23)14-5-7-15(8-6-14)22(24)25/h4-8,10-11H,1,9H2,2-3H3. The van der Waals surface area contributed by atoms with Crippen LogP contribution < -0.4 is 4.80 Å². The first kappa shape index (κ1) is 17.8. The van der Waals surface area contributed by atoms with Crippen LogP contribution in [0.5, 0.6) is 0 Å². The molecule has 6 nitrogen and oxygen atoms in total. The number of hydrogen-bond acceptors (Lipinski definition) is 4. The number of benzene rings is 2. The Morgan fingerprint density at radius 2 is 1.92 bits per heavy atom. The van der Waals surface area contributed by atoms with Crippen molar-refractivity contribution in [2.45, 2.75) is 20.4 Å². The number of nitro groups is 1. The van der Waals surface area contributed by atoms with Crippen molar-refractivity contribution in [3.05, 3.63) is 80.7 Å². The second-order valence-electron chi connectivity index (χ2n) is 5.91. The summed E-state index contributed by atoms with van der Waals surface area (Å²) in [4.78, 5) is 27.5. The molecule has 3 rings (SSSR count). The molecule has 0 saturated carbocycles. The highest BCUT2D eigenvalue weighted by molar-refractivity contribution is 7.16.